The molecular weight excluding hydrogens is 330 g/mol. The van der Waals surface area contributed by atoms with Crippen LogP contribution in [0.4, 0.5) is 0 Å². The Labute approximate surface area is 132 Å². The number of Topliss-reactive ketones (excluding diaryl/α,β-unsaturated/α-hetero) is 1. The lowest BCUT2D eigenvalue weighted by molar-refractivity contribution is -0.118. The number of ketones is 1. The van der Waals surface area contributed by atoms with E-state index in [-0.39, 0.29) is 5.78 Å². The van der Waals surface area contributed by atoms with Crippen LogP contribution in [0.15, 0.2) is 41.1 Å². The first-order valence-electron chi connectivity index (χ1n) is 7.07. The van der Waals surface area contributed by atoms with E-state index in [1.807, 2.05) is 24.4 Å². The minimum absolute atomic E-state index is 0.231. The molecule has 108 valence electrons. The predicted octanol–water partition coefficient (Wildman–Crippen LogP) is 3.52. The van der Waals surface area contributed by atoms with Gasteiger partial charge in [-0.25, -0.2) is 0 Å². The minimum atomic E-state index is 0.231. The third-order valence-electron chi connectivity index (χ3n) is 3.63. The molecule has 0 amide bonds. The van der Waals surface area contributed by atoms with Gasteiger partial charge in [0.25, 0.3) is 0 Å². The number of aryl methyl sites for hydroxylation is 1. The summed E-state index contributed by atoms with van der Waals surface area (Å²) in [5, 5.41) is 0. The number of carbonyl (C=O) groups excluding carboxylic acids is 1. The lowest BCUT2D eigenvalue weighted by Gasteiger charge is -2.08. The SMILES string of the molecule is O=C(CCc1cccnc1)Cc1cc(Br)cc2c1OCC2. The van der Waals surface area contributed by atoms with Gasteiger partial charge in [-0.3, -0.25) is 9.78 Å². The third kappa shape index (κ3) is 3.50. The highest BCUT2D eigenvalue weighted by Gasteiger charge is 2.19. The van der Waals surface area contributed by atoms with Gasteiger partial charge in [-0.15, -0.1) is 0 Å². The van der Waals surface area contributed by atoms with Crippen LogP contribution in [0.5, 0.6) is 5.75 Å². The first kappa shape index (κ1) is 14.3. The van der Waals surface area contributed by atoms with Crippen LogP contribution in [0.1, 0.15) is 23.1 Å². The molecule has 0 saturated carbocycles. The molecule has 2 aromatic rings. The summed E-state index contributed by atoms with van der Waals surface area (Å²) in [6.07, 6.45) is 6.19. The Hall–Kier alpha value is -1.68. The fourth-order valence-electron chi connectivity index (χ4n) is 2.61. The first-order chi connectivity index (χ1) is 10.2. The van der Waals surface area contributed by atoms with Crippen molar-refractivity contribution < 1.29 is 9.53 Å². The topological polar surface area (TPSA) is 39.2 Å². The van der Waals surface area contributed by atoms with Crippen molar-refractivity contribution in [1.29, 1.82) is 0 Å². The van der Waals surface area contributed by atoms with E-state index in [0.29, 0.717) is 19.4 Å². The molecule has 0 bridgehead atoms. The van der Waals surface area contributed by atoms with E-state index in [0.717, 1.165) is 34.2 Å². The number of hydrogen-bond acceptors (Lipinski definition) is 3. The van der Waals surface area contributed by atoms with Crippen molar-refractivity contribution >= 4 is 21.7 Å². The number of halogens is 1. The lowest BCUT2D eigenvalue weighted by Crippen LogP contribution is -2.06. The van der Waals surface area contributed by atoms with Gasteiger partial charge in [0, 0.05) is 41.7 Å². The zero-order valence-corrected chi connectivity index (χ0v) is 13.2. The second kappa shape index (κ2) is 6.39. The lowest BCUT2D eigenvalue weighted by atomic mass is 10.0. The summed E-state index contributed by atoms with van der Waals surface area (Å²) in [6, 6.07) is 7.97. The van der Waals surface area contributed by atoms with Gasteiger partial charge < -0.3 is 4.74 Å². The fraction of sp³-hybridized carbons (Fsp3) is 0.294. The molecule has 3 nitrogen and oxygen atoms in total. The van der Waals surface area contributed by atoms with Crippen LogP contribution < -0.4 is 4.74 Å². The van der Waals surface area contributed by atoms with Gasteiger partial charge in [-0.2, -0.15) is 0 Å². The quantitative estimate of drug-likeness (QED) is 0.832. The maximum Gasteiger partial charge on any atom is 0.137 e. The summed E-state index contributed by atoms with van der Waals surface area (Å²) in [6.45, 7) is 0.711. The van der Waals surface area contributed by atoms with E-state index in [2.05, 4.69) is 27.0 Å². The van der Waals surface area contributed by atoms with Gasteiger partial charge in [0.1, 0.15) is 11.5 Å². The molecule has 1 aromatic heterocycles. The fourth-order valence-corrected chi connectivity index (χ4v) is 3.16. The van der Waals surface area contributed by atoms with Crippen molar-refractivity contribution in [3.8, 4) is 5.75 Å². The molecule has 1 aliphatic rings. The summed E-state index contributed by atoms with van der Waals surface area (Å²) in [4.78, 5) is 16.3. The van der Waals surface area contributed by atoms with E-state index in [1.54, 1.807) is 6.20 Å². The second-order valence-electron chi connectivity index (χ2n) is 5.23. The number of nitrogens with zero attached hydrogens (tertiary/aromatic N) is 1. The predicted molar refractivity (Wildman–Crippen MR) is 84.6 cm³/mol. The molecule has 2 heterocycles. The number of fused-ring (bicyclic) bond motifs is 1. The van der Waals surface area contributed by atoms with Gasteiger partial charge in [0.05, 0.1) is 6.61 Å². The summed E-state index contributed by atoms with van der Waals surface area (Å²) in [5.41, 5.74) is 3.29. The average Bonchev–Trinajstić information content (AvgIpc) is 2.94. The largest absolute Gasteiger partial charge is 0.493 e. The van der Waals surface area contributed by atoms with Gasteiger partial charge in [-0.1, -0.05) is 22.0 Å². The smallest absolute Gasteiger partial charge is 0.137 e. The molecule has 1 aromatic carbocycles. The number of benzene rings is 1. The Bertz CT molecular complexity index is 655. The molecule has 0 spiro atoms. The molecule has 0 unspecified atom stereocenters. The van der Waals surface area contributed by atoms with Crippen molar-refractivity contribution in [3.63, 3.8) is 0 Å². The van der Waals surface area contributed by atoms with Gasteiger partial charge in [0.15, 0.2) is 0 Å². The number of aromatic nitrogens is 1. The number of ether oxygens (including phenoxy) is 1. The zero-order valence-electron chi connectivity index (χ0n) is 11.6. The summed E-state index contributed by atoms with van der Waals surface area (Å²) >= 11 is 3.51. The van der Waals surface area contributed by atoms with E-state index in [9.17, 15) is 4.79 Å². The van der Waals surface area contributed by atoms with Crippen molar-refractivity contribution in [1.82, 2.24) is 4.98 Å². The third-order valence-corrected chi connectivity index (χ3v) is 4.09. The summed E-state index contributed by atoms with van der Waals surface area (Å²) < 4.78 is 6.68. The average molecular weight is 346 g/mol. The molecule has 0 atom stereocenters. The molecule has 3 rings (SSSR count). The standard InChI is InChI=1S/C17H16BrNO2/c18-15-8-13-5-7-21-17(13)14(9-15)10-16(20)4-3-12-2-1-6-19-11-12/h1-2,6,8-9,11H,3-5,7,10H2. The molecule has 0 radical (unpaired) electrons. The number of rotatable bonds is 5. The summed E-state index contributed by atoms with van der Waals surface area (Å²) in [7, 11) is 0. The minimum Gasteiger partial charge on any atom is -0.493 e. The van der Waals surface area contributed by atoms with Crippen LogP contribution in [-0.4, -0.2) is 17.4 Å². The van der Waals surface area contributed by atoms with Crippen LogP contribution in [0, 0.1) is 0 Å². The van der Waals surface area contributed by atoms with Crippen LogP contribution in [0.2, 0.25) is 0 Å². The van der Waals surface area contributed by atoms with E-state index in [1.165, 1.54) is 5.56 Å². The maximum atomic E-state index is 12.2. The second-order valence-corrected chi connectivity index (χ2v) is 6.14. The molecule has 0 N–H and O–H groups in total. The Morgan fingerprint density at radius 1 is 1.38 bits per heavy atom. The van der Waals surface area contributed by atoms with Gasteiger partial charge in [-0.05, 0) is 35.7 Å². The Morgan fingerprint density at radius 2 is 2.29 bits per heavy atom. The van der Waals surface area contributed by atoms with Crippen molar-refractivity contribution in [2.45, 2.75) is 25.7 Å². The van der Waals surface area contributed by atoms with Crippen LogP contribution in [0.25, 0.3) is 0 Å². The summed E-state index contributed by atoms with van der Waals surface area (Å²) in [5.74, 6) is 1.14. The molecule has 0 saturated heterocycles. The monoisotopic (exact) mass is 345 g/mol. The van der Waals surface area contributed by atoms with E-state index < -0.39 is 0 Å². The molecule has 1 aliphatic heterocycles. The first-order valence-corrected chi connectivity index (χ1v) is 7.86. The van der Waals surface area contributed by atoms with Crippen LogP contribution >= 0.6 is 15.9 Å². The number of pyridine rings is 1. The molecule has 0 aliphatic carbocycles. The highest BCUT2D eigenvalue weighted by molar-refractivity contribution is 9.10. The van der Waals surface area contributed by atoms with E-state index in [4.69, 9.17) is 4.74 Å². The van der Waals surface area contributed by atoms with Crippen LogP contribution in [-0.2, 0) is 24.1 Å². The zero-order chi connectivity index (χ0) is 14.7. The number of carbonyl (C=O) groups is 1. The highest BCUT2D eigenvalue weighted by Crippen LogP contribution is 2.33. The Kier molecular flexibility index (Phi) is 4.34. The van der Waals surface area contributed by atoms with Crippen molar-refractivity contribution in [2.24, 2.45) is 0 Å². The Balaban J connectivity index is 1.65. The van der Waals surface area contributed by atoms with Crippen LogP contribution in [0.3, 0.4) is 0 Å². The highest BCUT2D eigenvalue weighted by atomic mass is 79.9. The molecule has 0 fully saturated rings. The maximum absolute atomic E-state index is 12.2. The Morgan fingerprint density at radius 3 is 3.10 bits per heavy atom. The van der Waals surface area contributed by atoms with Gasteiger partial charge in [0.2, 0.25) is 0 Å². The number of hydrogen-bond donors (Lipinski definition) is 0. The molecular formula is C17H16BrNO2. The van der Waals surface area contributed by atoms with Crippen molar-refractivity contribution in [2.75, 3.05) is 6.61 Å². The molecule has 21 heavy (non-hydrogen) atoms. The normalized spacial score (nSPS) is 12.8. The molecule has 4 heteroatoms. The van der Waals surface area contributed by atoms with E-state index >= 15 is 0 Å². The van der Waals surface area contributed by atoms with Crippen molar-refractivity contribution in [3.05, 3.63) is 57.8 Å². The van der Waals surface area contributed by atoms with Gasteiger partial charge >= 0.3 is 0 Å².